The predicted molar refractivity (Wildman–Crippen MR) is 219 cm³/mol. The summed E-state index contributed by atoms with van der Waals surface area (Å²) in [5, 5.41) is 0. The second kappa shape index (κ2) is 40.4. The lowest BCUT2D eigenvalue weighted by Crippen LogP contribution is -2.30. The molecule has 0 bridgehead atoms. The molecular formula is C46H74O6. The van der Waals surface area contributed by atoms with Crippen LogP contribution in [0.25, 0.3) is 0 Å². The molecule has 1 unspecified atom stereocenters. The van der Waals surface area contributed by atoms with Gasteiger partial charge in [-0.05, 0) is 77.0 Å². The first-order valence-corrected chi connectivity index (χ1v) is 20.6. The van der Waals surface area contributed by atoms with Crippen LogP contribution >= 0.6 is 0 Å². The van der Waals surface area contributed by atoms with Gasteiger partial charge in [-0.2, -0.15) is 0 Å². The van der Waals surface area contributed by atoms with Gasteiger partial charge in [0.25, 0.3) is 0 Å². The summed E-state index contributed by atoms with van der Waals surface area (Å²) in [6.45, 7) is 6.19. The maximum atomic E-state index is 12.6. The van der Waals surface area contributed by atoms with Gasteiger partial charge < -0.3 is 14.2 Å². The smallest absolute Gasteiger partial charge is 0.309 e. The van der Waals surface area contributed by atoms with Gasteiger partial charge in [0.05, 0.1) is 6.42 Å². The minimum Gasteiger partial charge on any atom is -0.462 e. The Balaban J connectivity index is 4.56. The van der Waals surface area contributed by atoms with Crippen molar-refractivity contribution in [2.45, 2.75) is 175 Å². The molecule has 294 valence electrons. The van der Waals surface area contributed by atoms with Gasteiger partial charge in [0.1, 0.15) is 13.2 Å². The zero-order valence-corrected chi connectivity index (χ0v) is 33.3. The molecule has 0 aliphatic carbocycles. The Hall–Kier alpha value is -3.41. The van der Waals surface area contributed by atoms with Gasteiger partial charge in [-0.25, -0.2) is 0 Å². The fraction of sp³-hybridized carbons (Fsp3) is 0.630. The van der Waals surface area contributed by atoms with E-state index in [1.807, 2.05) is 12.2 Å². The Morgan fingerprint density at radius 2 is 0.865 bits per heavy atom. The van der Waals surface area contributed by atoms with Crippen molar-refractivity contribution in [1.29, 1.82) is 0 Å². The number of carbonyl (C=O) groups excluding carboxylic acids is 3. The van der Waals surface area contributed by atoms with Crippen molar-refractivity contribution >= 4 is 17.9 Å². The zero-order valence-electron chi connectivity index (χ0n) is 33.3. The first-order valence-electron chi connectivity index (χ1n) is 20.6. The third kappa shape index (κ3) is 37.8. The van der Waals surface area contributed by atoms with Crippen molar-refractivity contribution in [2.24, 2.45) is 0 Å². The Labute approximate surface area is 318 Å². The van der Waals surface area contributed by atoms with Crippen LogP contribution in [0, 0.1) is 0 Å². The first-order chi connectivity index (χ1) is 25.5. The second-order valence-electron chi connectivity index (χ2n) is 13.1. The van der Waals surface area contributed by atoms with Crippen molar-refractivity contribution in [2.75, 3.05) is 13.2 Å². The quantitative estimate of drug-likeness (QED) is 0.0280. The highest BCUT2D eigenvalue weighted by molar-refractivity contribution is 5.72. The fourth-order valence-electron chi connectivity index (χ4n) is 5.12. The van der Waals surface area contributed by atoms with Gasteiger partial charge in [-0.15, -0.1) is 0 Å². The van der Waals surface area contributed by atoms with Crippen LogP contribution in [-0.4, -0.2) is 37.2 Å². The summed E-state index contributed by atoms with van der Waals surface area (Å²) in [5.41, 5.74) is 0. The standard InChI is InChI=1S/C46H74O6/c1-4-7-10-13-16-19-21-23-25-27-30-33-36-39-45(48)51-42-43(41-50-44(47)38-35-32-29-26-18-15-12-9-6-3)52-46(49)40-37-34-31-28-24-22-20-17-14-11-8-5-2/h8-9,11-12,17-18,20,23,25-26,30,32-33,35,43H,4-7,10,13-16,19,21-22,24,27-29,31,34,36-42H2,1-3H3/b11-8-,12-9-,20-17-,25-23-,26-18-,33-30-,35-32-. The number of rotatable bonds is 35. The molecule has 0 rings (SSSR count). The maximum absolute atomic E-state index is 12.6. The summed E-state index contributed by atoms with van der Waals surface area (Å²) < 4.78 is 16.4. The lowest BCUT2D eigenvalue weighted by Gasteiger charge is -2.18. The van der Waals surface area contributed by atoms with E-state index in [9.17, 15) is 14.4 Å². The van der Waals surface area contributed by atoms with Crippen molar-refractivity contribution in [1.82, 2.24) is 0 Å². The van der Waals surface area contributed by atoms with Crippen molar-refractivity contribution in [3.8, 4) is 0 Å². The third-order valence-corrected chi connectivity index (χ3v) is 8.16. The van der Waals surface area contributed by atoms with Gasteiger partial charge >= 0.3 is 17.9 Å². The van der Waals surface area contributed by atoms with Crippen molar-refractivity contribution in [3.05, 3.63) is 85.1 Å². The Kier molecular flexibility index (Phi) is 37.7. The maximum Gasteiger partial charge on any atom is 0.309 e. The van der Waals surface area contributed by atoms with Crippen LogP contribution in [0.3, 0.4) is 0 Å². The van der Waals surface area contributed by atoms with E-state index in [4.69, 9.17) is 14.2 Å². The molecule has 0 saturated carbocycles. The fourth-order valence-corrected chi connectivity index (χ4v) is 5.12. The van der Waals surface area contributed by atoms with E-state index < -0.39 is 12.1 Å². The van der Waals surface area contributed by atoms with Gasteiger partial charge in [-0.3, -0.25) is 14.4 Å². The topological polar surface area (TPSA) is 78.9 Å². The number of unbranched alkanes of at least 4 members (excludes halogenated alkanes) is 11. The number of ether oxygens (including phenoxy) is 3. The van der Waals surface area contributed by atoms with E-state index in [2.05, 4.69) is 87.6 Å². The van der Waals surface area contributed by atoms with Crippen LogP contribution in [0.15, 0.2) is 85.1 Å². The molecule has 0 spiro atoms. The van der Waals surface area contributed by atoms with Crippen LogP contribution in [0.5, 0.6) is 0 Å². The SMILES string of the molecule is CC/C=C\C/C=C\C/C=C\CC(=O)OCC(COC(=O)CC/C=C\C/C=C\CCCCCCCC)OC(=O)CCCCCCC/C=C\C/C=C\CC. The third-order valence-electron chi connectivity index (χ3n) is 8.16. The van der Waals surface area contributed by atoms with Crippen LogP contribution in [-0.2, 0) is 28.6 Å². The second-order valence-corrected chi connectivity index (χ2v) is 13.1. The molecule has 0 aromatic carbocycles. The van der Waals surface area contributed by atoms with Gasteiger partial charge in [0.2, 0.25) is 0 Å². The minimum absolute atomic E-state index is 0.121. The molecule has 0 heterocycles. The summed E-state index contributed by atoms with van der Waals surface area (Å²) in [5.74, 6) is -1.16. The lowest BCUT2D eigenvalue weighted by atomic mass is 10.1. The average Bonchev–Trinajstić information content (AvgIpc) is 3.14. The largest absolute Gasteiger partial charge is 0.462 e. The van der Waals surface area contributed by atoms with E-state index in [-0.39, 0.29) is 44.4 Å². The molecule has 0 aliphatic rings. The molecule has 0 saturated heterocycles. The lowest BCUT2D eigenvalue weighted by molar-refractivity contribution is -0.166. The molecule has 6 heteroatoms. The Morgan fingerprint density at radius 1 is 0.423 bits per heavy atom. The van der Waals surface area contributed by atoms with E-state index in [1.54, 1.807) is 6.08 Å². The van der Waals surface area contributed by atoms with E-state index in [0.29, 0.717) is 6.42 Å². The van der Waals surface area contributed by atoms with Crippen LogP contribution in [0.1, 0.15) is 168 Å². The summed E-state index contributed by atoms with van der Waals surface area (Å²) in [4.78, 5) is 37.4. The highest BCUT2D eigenvalue weighted by Gasteiger charge is 2.19. The minimum atomic E-state index is -0.838. The first kappa shape index (κ1) is 48.6. The summed E-state index contributed by atoms with van der Waals surface area (Å²) >= 11 is 0. The number of carbonyl (C=O) groups is 3. The van der Waals surface area contributed by atoms with Crippen LogP contribution < -0.4 is 0 Å². The molecule has 0 aliphatic heterocycles. The van der Waals surface area contributed by atoms with Crippen LogP contribution in [0.2, 0.25) is 0 Å². The van der Waals surface area contributed by atoms with E-state index in [1.165, 1.54) is 38.5 Å². The molecular weight excluding hydrogens is 649 g/mol. The van der Waals surface area contributed by atoms with Gasteiger partial charge in [0.15, 0.2) is 6.10 Å². The highest BCUT2D eigenvalue weighted by Crippen LogP contribution is 2.11. The van der Waals surface area contributed by atoms with Crippen LogP contribution in [0.4, 0.5) is 0 Å². The molecule has 1 atom stereocenters. The van der Waals surface area contributed by atoms with Gasteiger partial charge in [-0.1, -0.05) is 157 Å². The van der Waals surface area contributed by atoms with E-state index >= 15 is 0 Å². The molecule has 0 aromatic heterocycles. The Bertz CT molecular complexity index is 1060. The number of hydrogen-bond donors (Lipinski definition) is 0. The number of esters is 3. The predicted octanol–water partition coefficient (Wildman–Crippen LogP) is 12.9. The number of hydrogen-bond acceptors (Lipinski definition) is 6. The monoisotopic (exact) mass is 723 g/mol. The summed E-state index contributed by atoms with van der Waals surface area (Å²) in [7, 11) is 0. The summed E-state index contributed by atoms with van der Waals surface area (Å²) in [6, 6.07) is 0. The van der Waals surface area contributed by atoms with Crippen molar-refractivity contribution < 1.29 is 28.6 Å². The highest BCUT2D eigenvalue weighted by atomic mass is 16.6. The number of allylic oxidation sites excluding steroid dienone is 13. The molecule has 0 N–H and O–H groups in total. The molecule has 0 aromatic rings. The normalized spacial score (nSPS) is 12.9. The molecule has 0 amide bonds. The molecule has 52 heavy (non-hydrogen) atoms. The van der Waals surface area contributed by atoms with E-state index in [0.717, 1.165) is 83.5 Å². The average molecular weight is 723 g/mol. The van der Waals surface area contributed by atoms with Gasteiger partial charge in [0, 0.05) is 12.8 Å². The zero-order chi connectivity index (χ0) is 38.0. The molecule has 0 fully saturated rings. The summed E-state index contributed by atoms with van der Waals surface area (Å²) in [6.07, 6.45) is 50.4. The Morgan fingerprint density at radius 3 is 1.42 bits per heavy atom. The van der Waals surface area contributed by atoms with Crippen molar-refractivity contribution in [3.63, 3.8) is 0 Å². The molecule has 6 nitrogen and oxygen atoms in total. The molecule has 0 radical (unpaired) electrons.